The van der Waals surface area contributed by atoms with Crippen LogP contribution in [-0.2, 0) is 11.3 Å². The quantitative estimate of drug-likeness (QED) is 0.819. The number of carbonyl (C=O) groups is 1. The Morgan fingerprint density at radius 2 is 2.25 bits per heavy atom. The van der Waals surface area contributed by atoms with Gasteiger partial charge in [-0.2, -0.15) is 0 Å². The molecular weight excluding hydrogens is 299 g/mol. The van der Waals surface area contributed by atoms with Gasteiger partial charge < -0.3 is 10.6 Å². The van der Waals surface area contributed by atoms with Gasteiger partial charge in [-0.1, -0.05) is 6.92 Å². The molecule has 1 aromatic carbocycles. The molecule has 112 valence electrons. The topological polar surface area (TPSA) is 41.1 Å². The van der Waals surface area contributed by atoms with Crippen molar-refractivity contribution in [3.05, 3.63) is 29.6 Å². The first-order valence-corrected chi connectivity index (χ1v) is 7.65. The Morgan fingerprint density at radius 1 is 1.55 bits per heavy atom. The van der Waals surface area contributed by atoms with Gasteiger partial charge >= 0.3 is 0 Å². The lowest BCUT2D eigenvalue weighted by atomic mass is 9.88. The first-order chi connectivity index (χ1) is 9.11. The van der Waals surface area contributed by atoms with E-state index in [0.29, 0.717) is 12.5 Å². The van der Waals surface area contributed by atoms with Gasteiger partial charge in [-0.15, -0.1) is 24.2 Å². The Labute approximate surface area is 129 Å². The lowest BCUT2D eigenvalue weighted by Gasteiger charge is -2.31. The van der Waals surface area contributed by atoms with Crippen LogP contribution in [0.15, 0.2) is 23.1 Å². The first-order valence-electron chi connectivity index (χ1n) is 6.42. The smallest absolute Gasteiger partial charge is 0.223 e. The van der Waals surface area contributed by atoms with Crippen LogP contribution >= 0.6 is 24.2 Å². The molecule has 0 bridgehead atoms. The van der Waals surface area contributed by atoms with E-state index in [-0.39, 0.29) is 30.0 Å². The molecule has 0 saturated carbocycles. The highest BCUT2D eigenvalue weighted by Crippen LogP contribution is 2.22. The third kappa shape index (κ3) is 4.11. The molecular formula is C14H20ClFN2OS. The standard InChI is InChI=1S/C14H19FN2OS.ClH/c1-9(11-6-16-7-11)14(18)17-8-10-5-12(15)3-4-13(10)19-2;/h3-5,9,11,16H,6-8H2,1-2H3,(H,17,18);1H. The van der Waals surface area contributed by atoms with Crippen LogP contribution in [0.1, 0.15) is 12.5 Å². The Balaban J connectivity index is 0.00000200. The van der Waals surface area contributed by atoms with Gasteiger partial charge in [0.05, 0.1) is 0 Å². The van der Waals surface area contributed by atoms with Gasteiger partial charge in [0, 0.05) is 17.4 Å². The van der Waals surface area contributed by atoms with Gasteiger partial charge in [0.15, 0.2) is 0 Å². The minimum absolute atomic E-state index is 0. The number of thioether (sulfide) groups is 1. The summed E-state index contributed by atoms with van der Waals surface area (Å²) in [7, 11) is 0. The maximum absolute atomic E-state index is 13.2. The van der Waals surface area contributed by atoms with Gasteiger partial charge in [0.25, 0.3) is 0 Å². The lowest BCUT2D eigenvalue weighted by molar-refractivity contribution is -0.126. The van der Waals surface area contributed by atoms with Gasteiger partial charge in [-0.25, -0.2) is 4.39 Å². The van der Waals surface area contributed by atoms with Crippen molar-refractivity contribution in [3.8, 4) is 0 Å². The molecule has 0 spiro atoms. The Kier molecular flexibility index (Phi) is 6.79. The number of nitrogens with one attached hydrogen (secondary N) is 2. The lowest BCUT2D eigenvalue weighted by Crippen LogP contribution is -2.49. The predicted molar refractivity (Wildman–Crippen MR) is 82.8 cm³/mol. The van der Waals surface area contributed by atoms with Crippen LogP contribution < -0.4 is 10.6 Å². The summed E-state index contributed by atoms with van der Waals surface area (Å²) in [6.07, 6.45) is 1.95. The van der Waals surface area contributed by atoms with Gasteiger partial charge in [0.1, 0.15) is 5.82 Å². The Morgan fingerprint density at radius 3 is 2.80 bits per heavy atom. The van der Waals surface area contributed by atoms with Crippen LogP contribution in [0.5, 0.6) is 0 Å². The van der Waals surface area contributed by atoms with Crippen molar-refractivity contribution in [3.63, 3.8) is 0 Å². The van der Waals surface area contributed by atoms with Crippen molar-refractivity contribution >= 4 is 30.1 Å². The summed E-state index contributed by atoms with van der Waals surface area (Å²) in [5, 5.41) is 6.07. The van der Waals surface area contributed by atoms with E-state index in [0.717, 1.165) is 23.5 Å². The van der Waals surface area contributed by atoms with Gasteiger partial charge in [-0.3, -0.25) is 4.79 Å². The van der Waals surface area contributed by atoms with Gasteiger partial charge in [-0.05, 0) is 49.0 Å². The van der Waals surface area contributed by atoms with E-state index in [1.807, 2.05) is 13.2 Å². The van der Waals surface area contributed by atoms with Crippen molar-refractivity contribution in [1.29, 1.82) is 0 Å². The largest absolute Gasteiger partial charge is 0.352 e. The minimum atomic E-state index is -0.265. The van der Waals surface area contributed by atoms with Crippen molar-refractivity contribution < 1.29 is 9.18 Å². The molecule has 1 aliphatic heterocycles. The fourth-order valence-corrected chi connectivity index (χ4v) is 2.70. The van der Waals surface area contributed by atoms with E-state index in [2.05, 4.69) is 10.6 Å². The summed E-state index contributed by atoms with van der Waals surface area (Å²) in [6.45, 7) is 4.15. The number of carbonyl (C=O) groups excluding carboxylic acids is 1. The average Bonchev–Trinajstić information content (AvgIpc) is 2.34. The zero-order valence-corrected chi connectivity index (χ0v) is 13.2. The monoisotopic (exact) mass is 318 g/mol. The van der Waals surface area contributed by atoms with Crippen molar-refractivity contribution in [2.24, 2.45) is 11.8 Å². The zero-order valence-electron chi connectivity index (χ0n) is 11.6. The van der Waals surface area contributed by atoms with Crippen molar-refractivity contribution in [2.45, 2.75) is 18.4 Å². The number of amides is 1. The molecule has 6 heteroatoms. The SMILES string of the molecule is CSc1ccc(F)cc1CNC(=O)C(C)C1CNC1.Cl. The number of hydrogen-bond donors (Lipinski definition) is 2. The van der Waals surface area contributed by atoms with E-state index in [1.165, 1.54) is 12.1 Å². The highest BCUT2D eigenvalue weighted by Gasteiger charge is 2.28. The second-order valence-corrected chi connectivity index (χ2v) is 5.73. The van der Waals surface area contributed by atoms with E-state index in [1.54, 1.807) is 17.8 Å². The number of hydrogen-bond acceptors (Lipinski definition) is 3. The van der Waals surface area contributed by atoms with Crippen LogP contribution in [0.3, 0.4) is 0 Å². The second kappa shape index (κ2) is 7.86. The predicted octanol–water partition coefficient (Wildman–Crippen LogP) is 2.44. The van der Waals surface area contributed by atoms with E-state index in [4.69, 9.17) is 0 Å². The fourth-order valence-electron chi connectivity index (χ4n) is 2.11. The maximum Gasteiger partial charge on any atom is 0.223 e. The van der Waals surface area contributed by atoms with Crippen LogP contribution in [0.25, 0.3) is 0 Å². The Hall–Kier alpha value is -0.780. The van der Waals surface area contributed by atoms with Gasteiger partial charge in [0.2, 0.25) is 5.91 Å². The normalized spacial score (nSPS) is 15.9. The molecule has 2 N–H and O–H groups in total. The van der Waals surface area contributed by atoms with Crippen LogP contribution in [0.2, 0.25) is 0 Å². The van der Waals surface area contributed by atoms with Crippen molar-refractivity contribution in [1.82, 2.24) is 10.6 Å². The number of rotatable bonds is 5. The van der Waals surface area contributed by atoms with E-state index >= 15 is 0 Å². The maximum atomic E-state index is 13.2. The van der Waals surface area contributed by atoms with Crippen LogP contribution in [0, 0.1) is 17.7 Å². The number of halogens is 2. The highest BCUT2D eigenvalue weighted by molar-refractivity contribution is 7.98. The molecule has 0 radical (unpaired) electrons. The molecule has 1 aromatic rings. The second-order valence-electron chi connectivity index (χ2n) is 4.88. The van der Waals surface area contributed by atoms with E-state index in [9.17, 15) is 9.18 Å². The third-order valence-corrected chi connectivity index (χ3v) is 4.47. The number of benzene rings is 1. The minimum Gasteiger partial charge on any atom is -0.352 e. The highest BCUT2D eigenvalue weighted by atomic mass is 35.5. The average molecular weight is 319 g/mol. The van der Waals surface area contributed by atoms with Crippen molar-refractivity contribution in [2.75, 3.05) is 19.3 Å². The molecule has 1 fully saturated rings. The third-order valence-electron chi connectivity index (χ3n) is 3.63. The Bertz CT molecular complexity index is 468. The molecule has 0 aliphatic carbocycles. The van der Waals surface area contributed by atoms with E-state index < -0.39 is 0 Å². The summed E-state index contributed by atoms with van der Waals surface area (Å²) >= 11 is 1.56. The molecule has 1 heterocycles. The summed E-state index contributed by atoms with van der Waals surface area (Å²) in [6, 6.07) is 4.68. The molecule has 1 unspecified atom stereocenters. The summed E-state index contributed by atoms with van der Waals surface area (Å²) in [4.78, 5) is 13.0. The zero-order chi connectivity index (χ0) is 13.8. The molecule has 1 atom stereocenters. The molecule has 2 rings (SSSR count). The summed E-state index contributed by atoms with van der Waals surface area (Å²) < 4.78 is 13.2. The van der Waals surface area contributed by atoms with Crippen LogP contribution in [0.4, 0.5) is 4.39 Å². The molecule has 1 amide bonds. The molecule has 1 aliphatic rings. The van der Waals surface area contributed by atoms with Crippen LogP contribution in [-0.4, -0.2) is 25.3 Å². The summed E-state index contributed by atoms with van der Waals surface area (Å²) in [5.74, 6) is 0.209. The molecule has 20 heavy (non-hydrogen) atoms. The molecule has 3 nitrogen and oxygen atoms in total. The fraction of sp³-hybridized carbons (Fsp3) is 0.500. The molecule has 0 aromatic heterocycles. The molecule has 1 saturated heterocycles. The first kappa shape index (κ1) is 17.3. The summed E-state index contributed by atoms with van der Waals surface area (Å²) in [5.41, 5.74) is 0.833.